The normalized spacial score (nSPS) is 15.8. The van der Waals surface area contributed by atoms with Crippen molar-refractivity contribution in [1.29, 1.82) is 0 Å². The predicted molar refractivity (Wildman–Crippen MR) is 117 cm³/mol. The molecule has 0 rings (SSSR count). The van der Waals surface area contributed by atoms with E-state index in [0.29, 0.717) is 6.61 Å². The second-order valence-electron chi connectivity index (χ2n) is 7.87. The summed E-state index contributed by atoms with van der Waals surface area (Å²) < 4.78 is 26.0. The van der Waals surface area contributed by atoms with Gasteiger partial charge in [-0.05, 0) is 6.42 Å². The Balaban J connectivity index is 3.39. The molecule has 30 heavy (non-hydrogen) atoms. The molecule has 0 heterocycles. The molecule has 0 aliphatic carbocycles. The van der Waals surface area contributed by atoms with Gasteiger partial charge in [0.25, 0.3) is 0 Å². The van der Waals surface area contributed by atoms with Crippen LogP contribution in [0.2, 0.25) is 0 Å². The Labute approximate surface area is 182 Å². The van der Waals surface area contributed by atoms with Gasteiger partial charge in [-0.1, -0.05) is 84.0 Å². The second kappa shape index (κ2) is 20.8. The van der Waals surface area contributed by atoms with E-state index < -0.39 is 39.9 Å². The summed E-state index contributed by atoms with van der Waals surface area (Å²) in [5, 5.41) is 27.4. The Morgan fingerprint density at radius 2 is 1.13 bits per heavy atom. The second-order valence-corrected chi connectivity index (χ2v) is 9.32. The van der Waals surface area contributed by atoms with Crippen LogP contribution in [-0.2, 0) is 18.3 Å². The van der Waals surface area contributed by atoms with Crippen molar-refractivity contribution in [2.45, 2.75) is 103 Å². The SMILES string of the molecule is CCCCCCCCCCCCCCCOC[C@@H](O)COP(=O)(O)OC[C@H](O)CO. The first kappa shape index (κ1) is 29.9. The summed E-state index contributed by atoms with van der Waals surface area (Å²) in [7, 11) is -4.37. The minimum absolute atomic E-state index is 0.0114. The molecule has 182 valence electrons. The summed E-state index contributed by atoms with van der Waals surface area (Å²) in [4.78, 5) is 9.38. The van der Waals surface area contributed by atoms with Crippen molar-refractivity contribution in [3.8, 4) is 0 Å². The number of aliphatic hydroxyl groups excluding tert-OH is 3. The van der Waals surface area contributed by atoms with E-state index in [1.165, 1.54) is 70.6 Å². The summed E-state index contributed by atoms with van der Waals surface area (Å²) in [5.41, 5.74) is 0. The Morgan fingerprint density at radius 1 is 0.700 bits per heavy atom. The van der Waals surface area contributed by atoms with Crippen molar-refractivity contribution in [2.24, 2.45) is 0 Å². The van der Waals surface area contributed by atoms with Gasteiger partial charge in [0.05, 0.1) is 26.4 Å². The van der Waals surface area contributed by atoms with Gasteiger partial charge in [-0.15, -0.1) is 0 Å². The molecule has 0 fully saturated rings. The molecule has 0 spiro atoms. The van der Waals surface area contributed by atoms with Gasteiger partial charge in [0.15, 0.2) is 0 Å². The minimum Gasteiger partial charge on any atom is -0.394 e. The highest BCUT2D eigenvalue weighted by atomic mass is 31.2. The molecule has 0 saturated carbocycles. The average molecular weight is 457 g/mol. The van der Waals surface area contributed by atoms with Crippen LogP contribution in [0.5, 0.6) is 0 Å². The third kappa shape index (κ3) is 21.2. The van der Waals surface area contributed by atoms with Gasteiger partial charge in [-0.3, -0.25) is 9.05 Å². The quantitative estimate of drug-likeness (QED) is 0.135. The lowest BCUT2D eigenvalue weighted by Crippen LogP contribution is -2.23. The number of ether oxygens (including phenoxy) is 1. The number of phosphoric acid groups is 1. The number of phosphoric ester groups is 1. The van der Waals surface area contributed by atoms with Crippen LogP contribution in [0.15, 0.2) is 0 Å². The standard InChI is InChI=1S/C21H45O8P/c1-2-3-4-5-6-7-8-9-10-11-12-13-14-15-27-17-21(24)19-29-30(25,26)28-18-20(23)16-22/h20-24H,2-19H2,1H3,(H,25,26)/t20-,21-/m1/s1. The maximum atomic E-state index is 11.5. The molecule has 0 aliphatic heterocycles. The molecular weight excluding hydrogens is 411 g/mol. The highest BCUT2D eigenvalue weighted by Crippen LogP contribution is 2.43. The molecule has 0 amide bonds. The van der Waals surface area contributed by atoms with Crippen molar-refractivity contribution < 1.29 is 38.6 Å². The molecule has 4 N–H and O–H groups in total. The fourth-order valence-electron chi connectivity index (χ4n) is 2.94. The molecule has 3 atom stereocenters. The minimum atomic E-state index is -4.37. The number of hydrogen-bond donors (Lipinski definition) is 4. The van der Waals surface area contributed by atoms with Crippen molar-refractivity contribution in [2.75, 3.05) is 33.0 Å². The zero-order valence-electron chi connectivity index (χ0n) is 18.8. The molecule has 9 heteroatoms. The summed E-state index contributed by atoms with van der Waals surface area (Å²) in [6.07, 6.45) is 14.3. The maximum Gasteiger partial charge on any atom is 0.472 e. The van der Waals surface area contributed by atoms with E-state index in [9.17, 15) is 14.6 Å². The lowest BCUT2D eigenvalue weighted by atomic mass is 10.0. The third-order valence-corrected chi connectivity index (χ3v) is 5.72. The smallest absolute Gasteiger partial charge is 0.394 e. The number of hydrogen-bond acceptors (Lipinski definition) is 7. The highest BCUT2D eigenvalue weighted by Gasteiger charge is 2.24. The Hall–Kier alpha value is -0.0500. The monoisotopic (exact) mass is 456 g/mol. The fraction of sp³-hybridized carbons (Fsp3) is 1.00. The van der Waals surface area contributed by atoms with E-state index in [0.717, 1.165) is 12.8 Å². The van der Waals surface area contributed by atoms with Gasteiger partial charge in [-0.2, -0.15) is 0 Å². The van der Waals surface area contributed by atoms with Crippen molar-refractivity contribution in [3.63, 3.8) is 0 Å². The first-order chi connectivity index (χ1) is 14.4. The molecule has 0 aromatic heterocycles. The summed E-state index contributed by atoms with van der Waals surface area (Å²) in [5.74, 6) is 0. The van der Waals surface area contributed by atoms with Crippen LogP contribution < -0.4 is 0 Å². The molecule has 0 radical (unpaired) electrons. The first-order valence-electron chi connectivity index (χ1n) is 11.6. The lowest BCUT2D eigenvalue weighted by molar-refractivity contribution is -0.00437. The van der Waals surface area contributed by atoms with Crippen LogP contribution in [-0.4, -0.2) is 65.5 Å². The van der Waals surface area contributed by atoms with Crippen LogP contribution in [0.3, 0.4) is 0 Å². The first-order valence-corrected chi connectivity index (χ1v) is 13.1. The summed E-state index contributed by atoms with van der Waals surface area (Å²) in [6.45, 7) is 1.26. The predicted octanol–water partition coefficient (Wildman–Crippen LogP) is 3.94. The summed E-state index contributed by atoms with van der Waals surface area (Å²) in [6, 6.07) is 0. The number of aliphatic hydroxyl groups is 3. The molecule has 0 aromatic rings. The van der Waals surface area contributed by atoms with E-state index >= 15 is 0 Å². The molecule has 8 nitrogen and oxygen atoms in total. The van der Waals surface area contributed by atoms with Crippen LogP contribution >= 0.6 is 7.82 Å². The molecule has 0 bridgehead atoms. The van der Waals surface area contributed by atoms with Gasteiger partial charge in [0.2, 0.25) is 0 Å². The Morgan fingerprint density at radius 3 is 1.60 bits per heavy atom. The molecule has 0 aromatic carbocycles. The van der Waals surface area contributed by atoms with Crippen molar-refractivity contribution in [1.82, 2.24) is 0 Å². The molecule has 0 aliphatic rings. The fourth-order valence-corrected chi connectivity index (χ4v) is 3.74. The van der Waals surface area contributed by atoms with Gasteiger partial charge < -0.3 is 24.9 Å². The van der Waals surface area contributed by atoms with Gasteiger partial charge in [0, 0.05) is 6.61 Å². The van der Waals surface area contributed by atoms with Gasteiger partial charge >= 0.3 is 7.82 Å². The average Bonchev–Trinajstić information content (AvgIpc) is 2.73. The van der Waals surface area contributed by atoms with Gasteiger partial charge in [0.1, 0.15) is 12.2 Å². The van der Waals surface area contributed by atoms with E-state index in [2.05, 4.69) is 16.0 Å². The largest absolute Gasteiger partial charge is 0.472 e. The maximum absolute atomic E-state index is 11.5. The summed E-state index contributed by atoms with van der Waals surface area (Å²) >= 11 is 0. The number of rotatable bonds is 23. The topological polar surface area (TPSA) is 126 Å². The third-order valence-electron chi connectivity index (χ3n) is 4.77. The van der Waals surface area contributed by atoms with Crippen molar-refractivity contribution in [3.05, 3.63) is 0 Å². The molecule has 0 saturated heterocycles. The van der Waals surface area contributed by atoms with Crippen LogP contribution in [0.25, 0.3) is 0 Å². The van der Waals surface area contributed by atoms with Crippen molar-refractivity contribution >= 4 is 7.82 Å². The Kier molecular flexibility index (Phi) is 20.8. The molecule has 1 unspecified atom stereocenters. The van der Waals surface area contributed by atoms with E-state index in [1.807, 2.05) is 0 Å². The van der Waals surface area contributed by atoms with Crippen LogP contribution in [0, 0.1) is 0 Å². The zero-order chi connectivity index (χ0) is 22.5. The molecular formula is C21H45O8P. The highest BCUT2D eigenvalue weighted by molar-refractivity contribution is 7.47. The van der Waals surface area contributed by atoms with Gasteiger partial charge in [-0.25, -0.2) is 4.57 Å². The van der Waals surface area contributed by atoms with E-state index in [-0.39, 0.29) is 6.61 Å². The van der Waals surface area contributed by atoms with Crippen LogP contribution in [0.1, 0.15) is 90.4 Å². The zero-order valence-corrected chi connectivity index (χ0v) is 19.6. The van der Waals surface area contributed by atoms with E-state index in [1.54, 1.807) is 0 Å². The Bertz CT molecular complexity index is 410. The van der Waals surface area contributed by atoms with Crippen LogP contribution in [0.4, 0.5) is 0 Å². The van der Waals surface area contributed by atoms with E-state index in [4.69, 9.17) is 14.9 Å². The lowest BCUT2D eigenvalue weighted by Gasteiger charge is -2.16. The number of unbranched alkanes of at least 4 members (excludes halogenated alkanes) is 12.